The Bertz CT molecular complexity index is 1140. The van der Waals surface area contributed by atoms with E-state index >= 15 is 0 Å². The average molecular weight is 505 g/mol. The van der Waals surface area contributed by atoms with Crippen molar-refractivity contribution in [2.45, 2.75) is 44.1 Å². The third-order valence-corrected chi connectivity index (χ3v) is 6.16. The van der Waals surface area contributed by atoms with Crippen LogP contribution in [0, 0.1) is 11.7 Å². The van der Waals surface area contributed by atoms with Gasteiger partial charge in [0.15, 0.2) is 5.60 Å². The first-order valence-corrected chi connectivity index (χ1v) is 10.2. The summed E-state index contributed by atoms with van der Waals surface area (Å²) in [5, 5.41) is 2.33. The minimum absolute atomic E-state index is 0.0197. The molecule has 190 valence electrons. The van der Waals surface area contributed by atoms with E-state index < -0.39 is 65.1 Å². The van der Waals surface area contributed by atoms with Crippen molar-refractivity contribution in [3.05, 3.63) is 53.1 Å². The van der Waals surface area contributed by atoms with E-state index in [0.717, 1.165) is 39.3 Å². The van der Waals surface area contributed by atoms with Gasteiger partial charge in [0.25, 0.3) is 18.2 Å². The molecule has 35 heavy (non-hydrogen) atoms. The van der Waals surface area contributed by atoms with Crippen LogP contribution in [0.4, 0.5) is 32.0 Å². The smallest absolute Gasteiger partial charge is 0.417 e. The summed E-state index contributed by atoms with van der Waals surface area (Å²) in [6.07, 6.45) is -9.00. The molecule has 0 unspecified atom stereocenters. The number of ether oxygens (including phenoxy) is 2. The minimum Gasteiger partial charge on any atom is -0.496 e. The summed E-state index contributed by atoms with van der Waals surface area (Å²) in [7, 11) is 0.963. The molecule has 1 saturated heterocycles. The summed E-state index contributed by atoms with van der Waals surface area (Å²) in [6.45, 7) is 1.88. The number of amides is 2. The molecule has 3 N–H and O–H groups in total. The number of alkyl halides is 5. The number of pyridine rings is 1. The van der Waals surface area contributed by atoms with Gasteiger partial charge in [-0.15, -0.1) is 0 Å². The highest BCUT2D eigenvalue weighted by molar-refractivity contribution is 5.97. The average Bonchev–Trinajstić information content (AvgIpc) is 3.05. The van der Waals surface area contributed by atoms with Crippen molar-refractivity contribution in [1.82, 2.24) is 4.98 Å². The van der Waals surface area contributed by atoms with Crippen LogP contribution in [0.3, 0.4) is 0 Å². The molecule has 2 aromatic rings. The van der Waals surface area contributed by atoms with Gasteiger partial charge in [-0.25, -0.2) is 13.2 Å². The number of hydrogen-bond acceptors (Lipinski definition) is 5. The summed E-state index contributed by atoms with van der Waals surface area (Å²) < 4.78 is 93.6. The number of carbonyl (C=O) groups is 2. The fraction of sp³-hybridized carbons (Fsp3) is 0.409. The molecule has 1 fully saturated rings. The summed E-state index contributed by atoms with van der Waals surface area (Å²) in [5.74, 6) is -6.92. The third kappa shape index (κ3) is 4.64. The number of primary amides is 1. The van der Waals surface area contributed by atoms with Crippen LogP contribution in [0.2, 0.25) is 0 Å². The lowest BCUT2D eigenvalue weighted by Gasteiger charge is -2.32. The van der Waals surface area contributed by atoms with E-state index in [0.29, 0.717) is 6.07 Å². The molecule has 4 atom stereocenters. The van der Waals surface area contributed by atoms with E-state index in [1.165, 1.54) is 6.07 Å². The zero-order chi connectivity index (χ0) is 26.3. The number of aromatic nitrogens is 1. The first-order valence-electron chi connectivity index (χ1n) is 10.2. The van der Waals surface area contributed by atoms with Crippen molar-refractivity contribution in [1.29, 1.82) is 0 Å². The zero-order valence-corrected chi connectivity index (χ0v) is 18.6. The Labute approximate surface area is 195 Å². The van der Waals surface area contributed by atoms with Gasteiger partial charge in [-0.05, 0) is 25.1 Å². The van der Waals surface area contributed by atoms with Crippen LogP contribution < -0.4 is 15.8 Å². The van der Waals surface area contributed by atoms with Crippen molar-refractivity contribution < 1.29 is 45.4 Å². The number of anilines is 1. The van der Waals surface area contributed by atoms with Crippen molar-refractivity contribution in [3.8, 4) is 5.75 Å². The van der Waals surface area contributed by atoms with E-state index in [1.54, 1.807) is 0 Å². The second-order valence-electron chi connectivity index (χ2n) is 8.13. The van der Waals surface area contributed by atoms with Gasteiger partial charge in [0.2, 0.25) is 0 Å². The van der Waals surface area contributed by atoms with Gasteiger partial charge in [-0.3, -0.25) is 14.6 Å². The predicted molar refractivity (Wildman–Crippen MR) is 111 cm³/mol. The topological polar surface area (TPSA) is 104 Å². The Morgan fingerprint density at radius 3 is 2.46 bits per heavy atom. The Morgan fingerprint density at radius 2 is 1.91 bits per heavy atom. The first-order chi connectivity index (χ1) is 16.2. The molecule has 13 heteroatoms. The summed E-state index contributed by atoms with van der Waals surface area (Å²) in [6, 6.07) is 4.02. The Morgan fingerprint density at radius 1 is 1.26 bits per heavy atom. The highest BCUT2D eigenvalue weighted by Gasteiger charge is 2.66. The van der Waals surface area contributed by atoms with Gasteiger partial charge in [0.1, 0.15) is 23.4 Å². The second-order valence-corrected chi connectivity index (χ2v) is 8.13. The molecule has 2 amide bonds. The molecule has 0 radical (unpaired) electrons. The third-order valence-electron chi connectivity index (χ3n) is 6.16. The lowest BCUT2D eigenvalue weighted by Crippen LogP contribution is -2.47. The van der Waals surface area contributed by atoms with E-state index in [-0.39, 0.29) is 16.9 Å². The van der Waals surface area contributed by atoms with Crippen LogP contribution in [-0.4, -0.2) is 41.8 Å². The summed E-state index contributed by atoms with van der Waals surface area (Å²) >= 11 is 0. The molecule has 0 bridgehead atoms. The van der Waals surface area contributed by atoms with Gasteiger partial charge in [-0.2, -0.15) is 13.2 Å². The maximum atomic E-state index is 14.1. The maximum Gasteiger partial charge on any atom is 0.417 e. The molecular formula is C22H21F6N3O4. The fourth-order valence-electron chi connectivity index (χ4n) is 4.17. The Balaban J connectivity index is 2.12. The van der Waals surface area contributed by atoms with Crippen LogP contribution in [0.1, 0.15) is 47.8 Å². The zero-order valence-electron chi connectivity index (χ0n) is 18.6. The SMILES string of the molecule is COc1c([C@@H]2[C@@H](C(=O)Nc3ccnc(C(N)=O)c3)O[C@@](C)(C(F)(F)F)[C@H]2C)ccc(F)c1C(F)F. The van der Waals surface area contributed by atoms with Crippen LogP contribution in [-0.2, 0) is 9.53 Å². The number of nitrogens with zero attached hydrogens (tertiary/aromatic N) is 1. The lowest BCUT2D eigenvalue weighted by atomic mass is 9.76. The number of methoxy groups -OCH3 is 1. The summed E-state index contributed by atoms with van der Waals surface area (Å²) in [5.41, 5.74) is 0.654. The number of hydrogen-bond donors (Lipinski definition) is 2. The number of nitrogens with two attached hydrogens (primary N) is 1. The molecule has 0 aliphatic carbocycles. The standard InChI is InChI=1S/C22H21F6N3O4/c1-9-14(11-4-5-12(23)15(18(24)25)16(11)34-3)17(35-21(9,2)22(26,27)28)20(33)31-10-6-7-30-13(8-10)19(29)32/h4-9,14,17-18H,1-3H3,(H2,29,32)(H,30,31,33)/t9-,14+,17-,21+/m0/s1. The van der Waals surface area contributed by atoms with E-state index in [9.17, 15) is 35.9 Å². The molecule has 3 rings (SSSR count). The molecule has 0 saturated carbocycles. The van der Waals surface area contributed by atoms with Crippen molar-refractivity contribution in [2.24, 2.45) is 11.7 Å². The van der Waals surface area contributed by atoms with E-state index in [2.05, 4.69) is 10.3 Å². The highest BCUT2D eigenvalue weighted by Crippen LogP contribution is 2.55. The molecular weight excluding hydrogens is 484 g/mol. The van der Waals surface area contributed by atoms with Crippen LogP contribution in [0.25, 0.3) is 0 Å². The molecule has 1 aromatic carbocycles. The Hall–Kier alpha value is -3.35. The molecule has 1 aliphatic rings. The molecule has 2 heterocycles. The summed E-state index contributed by atoms with van der Waals surface area (Å²) in [4.78, 5) is 28.2. The Kier molecular flexibility index (Phi) is 7.02. The quantitative estimate of drug-likeness (QED) is 0.569. The van der Waals surface area contributed by atoms with Crippen LogP contribution >= 0.6 is 0 Å². The van der Waals surface area contributed by atoms with Crippen molar-refractivity contribution in [3.63, 3.8) is 0 Å². The fourth-order valence-corrected chi connectivity index (χ4v) is 4.17. The van der Waals surface area contributed by atoms with Gasteiger partial charge in [-0.1, -0.05) is 13.0 Å². The second kappa shape index (κ2) is 9.36. The number of rotatable bonds is 6. The van der Waals surface area contributed by atoms with Gasteiger partial charge in [0, 0.05) is 29.3 Å². The maximum absolute atomic E-state index is 14.1. The molecule has 7 nitrogen and oxygen atoms in total. The van der Waals surface area contributed by atoms with Crippen LogP contribution in [0.5, 0.6) is 5.75 Å². The number of nitrogens with one attached hydrogen (secondary N) is 1. The highest BCUT2D eigenvalue weighted by atomic mass is 19.4. The first kappa shape index (κ1) is 26.3. The molecule has 1 aliphatic heterocycles. The normalized spacial score (nSPS) is 24.5. The van der Waals surface area contributed by atoms with Gasteiger partial charge >= 0.3 is 6.18 Å². The van der Waals surface area contributed by atoms with E-state index in [1.807, 2.05) is 0 Å². The van der Waals surface area contributed by atoms with Crippen LogP contribution in [0.15, 0.2) is 30.5 Å². The van der Waals surface area contributed by atoms with E-state index in [4.69, 9.17) is 15.2 Å². The van der Waals surface area contributed by atoms with Gasteiger partial charge < -0.3 is 20.5 Å². The largest absolute Gasteiger partial charge is 0.496 e. The predicted octanol–water partition coefficient (Wildman–Crippen LogP) is 4.34. The number of benzene rings is 1. The number of halogens is 6. The minimum atomic E-state index is -4.95. The number of carbonyl (C=O) groups excluding carboxylic acids is 2. The van der Waals surface area contributed by atoms with Gasteiger partial charge in [0.05, 0.1) is 12.7 Å². The lowest BCUT2D eigenvalue weighted by molar-refractivity contribution is -0.272. The molecule has 0 spiro atoms. The monoisotopic (exact) mass is 505 g/mol. The van der Waals surface area contributed by atoms with Crippen molar-refractivity contribution in [2.75, 3.05) is 12.4 Å². The molecule has 1 aromatic heterocycles. The van der Waals surface area contributed by atoms with Crippen molar-refractivity contribution >= 4 is 17.5 Å².